The second-order valence-electron chi connectivity index (χ2n) is 7.52. The molecule has 28 heavy (non-hydrogen) atoms. The molecule has 0 aliphatic carbocycles. The van der Waals surface area contributed by atoms with E-state index in [4.69, 9.17) is 4.42 Å². The molecular weight excluding hydrogens is 354 g/mol. The largest absolute Gasteiger partial charge is 0.450 e. The van der Waals surface area contributed by atoms with Crippen LogP contribution in [0, 0.1) is 20.8 Å². The number of hydrogen-bond donors (Lipinski definition) is 1. The summed E-state index contributed by atoms with van der Waals surface area (Å²) < 4.78 is 6.02. The summed E-state index contributed by atoms with van der Waals surface area (Å²) in [4.78, 5) is 28.2. The van der Waals surface area contributed by atoms with Gasteiger partial charge in [0.25, 0.3) is 5.91 Å². The fraction of sp³-hybridized carbons (Fsp3) is 0.304. The van der Waals surface area contributed by atoms with Crippen LogP contribution in [0.5, 0.6) is 0 Å². The molecule has 4 rings (SSSR count). The Morgan fingerprint density at radius 3 is 2.43 bits per heavy atom. The summed E-state index contributed by atoms with van der Waals surface area (Å²) in [6.45, 7) is 6.14. The Labute approximate surface area is 163 Å². The van der Waals surface area contributed by atoms with Gasteiger partial charge in [-0.3, -0.25) is 9.59 Å². The number of hydrogen-bond acceptors (Lipinski definition) is 4. The number of carbonyl (C=O) groups excluding carboxylic acids is 1. The van der Waals surface area contributed by atoms with E-state index in [0.717, 1.165) is 22.3 Å². The minimum Gasteiger partial charge on any atom is -0.450 e. The zero-order valence-corrected chi connectivity index (χ0v) is 16.3. The summed E-state index contributed by atoms with van der Waals surface area (Å²) >= 11 is 0. The predicted octanol–water partition coefficient (Wildman–Crippen LogP) is 3.65. The lowest BCUT2D eigenvalue weighted by Crippen LogP contribution is -2.31. The van der Waals surface area contributed by atoms with Gasteiger partial charge in [0.05, 0.1) is 17.0 Å². The highest BCUT2D eigenvalue weighted by Gasteiger charge is 2.42. The maximum Gasteiger partial charge on any atom is 0.290 e. The van der Waals surface area contributed by atoms with Crippen molar-refractivity contribution in [3.8, 4) is 0 Å². The van der Waals surface area contributed by atoms with Gasteiger partial charge in [0, 0.05) is 13.2 Å². The Balaban J connectivity index is 2.00. The maximum absolute atomic E-state index is 13.5. The summed E-state index contributed by atoms with van der Waals surface area (Å²) in [6.07, 6.45) is 0.438. The molecule has 1 amide bonds. The van der Waals surface area contributed by atoms with E-state index in [-0.39, 0.29) is 23.7 Å². The molecule has 0 unspecified atom stereocenters. The van der Waals surface area contributed by atoms with Gasteiger partial charge in [-0.2, -0.15) is 0 Å². The number of nitrogens with zero attached hydrogens (tertiary/aromatic N) is 1. The number of benzene rings is 2. The van der Waals surface area contributed by atoms with Crippen molar-refractivity contribution in [2.24, 2.45) is 0 Å². The molecule has 1 aromatic heterocycles. The van der Waals surface area contributed by atoms with E-state index in [1.54, 1.807) is 4.90 Å². The third-order valence-corrected chi connectivity index (χ3v) is 5.35. The minimum absolute atomic E-state index is 0.0254. The van der Waals surface area contributed by atoms with Crippen LogP contribution in [0.25, 0.3) is 11.0 Å². The molecule has 2 aromatic carbocycles. The lowest BCUT2D eigenvalue weighted by Gasteiger charge is -2.25. The quantitative estimate of drug-likeness (QED) is 0.753. The summed E-state index contributed by atoms with van der Waals surface area (Å²) in [5, 5.41) is 9.78. The van der Waals surface area contributed by atoms with E-state index in [0.29, 0.717) is 29.5 Å². The number of fused-ring (bicyclic) bond motifs is 2. The monoisotopic (exact) mass is 377 g/mol. The normalized spacial score (nSPS) is 16.1. The van der Waals surface area contributed by atoms with Crippen molar-refractivity contribution in [3.05, 3.63) is 80.2 Å². The van der Waals surface area contributed by atoms with E-state index >= 15 is 0 Å². The molecule has 1 N–H and O–H groups in total. The molecule has 1 aliphatic rings. The summed E-state index contributed by atoms with van der Waals surface area (Å²) in [6, 6.07) is 11.1. The van der Waals surface area contributed by atoms with Crippen LogP contribution < -0.4 is 5.43 Å². The smallest absolute Gasteiger partial charge is 0.290 e. The van der Waals surface area contributed by atoms with E-state index < -0.39 is 6.04 Å². The molecule has 1 atom stereocenters. The fourth-order valence-electron chi connectivity index (χ4n) is 4.04. The summed E-state index contributed by atoms with van der Waals surface area (Å²) in [5.41, 5.74) is 4.49. The first kappa shape index (κ1) is 18.4. The molecule has 2 heterocycles. The first-order chi connectivity index (χ1) is 13.4. The van der Waals surface area contributed by atoms with Crippen LogP contribution in [0.4, 0.5) is 0 Å². The highest BCUT2D eigenvalue weighted by Crippen LogP contribution is 2.38. The van der Waals surface area contributed by atoms with Gasteiger partial charge in [-0.05, 0) is 49.9 Å². The van der Waals surface area contributed by atoms with Crippen molar-refractivity contribution in [3.63, 3.8) is 0 Å². The van der Waals surface area contributed by atoms with Crippen LogP contribution in [-0.4, -0.2) is 29.1 Å². The first-order valence-corrected chi connectivity index (χ1v) is 9.48. The average Bonchev–Trinajstić information content (AvgIpc) is 2.94. The molecule has 0 radical (unpaired) electrons. The molecule has 0 fully saturated rings. The van der Waals surface area contributed by atoms with Crippen LogP contribution >= 0.6 is 0 Å². The summed E-state index contributed by atoms with van der Waals surface area (Å²) in [7, 11) is 0. The van der Waals surface area contributed by atoms with Crippen LogP contribution in [0.1, 0.15) is 50.8 Å². The van der Waals surface area contributed by atoms with Crippen molar-refractivity contribution in [1.29, 1.82) is 0 Å². The zero-order chi connectivity index (χ0) is 20.0. The Morgan fingerprint density at radius 1 is 1.04 bits per heavy atom. The van der Waals surface area contributed by atoms with Gasteiger partial charge in [-0.25, -0.2) is 0 Å². The molecular formula is C23H23NO4. The average molecular weight is 377 g/mol. The predicted molar refractivity (Wildman–Crippen MR) is 108 cm³/mol. The number of carbonyl (C=O) groups is 1. The van der Waals surface area contributed by atoms with Gasteiger partial charge in [0.1, 0.15) is 5.58 Å². The van der Waals surface area contributed by atoms with Gasteiger partial charge < -0.3 is 14.4 Å². The molecule has 1 aliphatic heterocycles. The Kier molecular flexibility index (Phi) is 4.55. The van der Waals surface area contributed by atoms with Crippen molar-refractivity contribution in [2.75, 3.05) is 13.2 Å². The molecule has 0 saturated heterocycles. The van der Waals surface area contributed by atoms with Crippen LogP contribution in [0.15, 0.2) is 45.6 Å². The van der Waals surface area contributed by atoms with Crippen LogP contribution in [0.2, 0.25) is 0 Å². The van der Waals surface area contributed by atoms with Gasteiger partial charge in [0.2, 0.25) is 5.76 Å². The highest BCUT2D eigenvalue weighted by atomic mass is 16.3. The Bertz CT molecular complexity index is 1130. The summed E-state index contributed by atoms with van der Waals surface area (Å²) in [5.74, 6) is -0.180. The van der Waals surface area contributed by atoms with Crippen LogP contribution in [-0.2, 0) is 0 Å². The van der Waals surface area contributed by atoms with E-state index in [1.807, 2.05) is 57.2 Å². The fourth-order valence-corrected chi connectivity index (χ4v) is 4.04. The SMILES string of the molecule is Cc1ccc([C@H]2c3c(oc4c(C)cc(C)cc4c3=O)C(=O)N2CCCO)cc1. The molecule has 144 valence electrons. The topological polar surface area (TPSA) is 70.8 Å². The second kappa shape index (κ2) is 6.91. The van der Waals surface area contributed by atoms with Crippen molar-refractivity contribution < 1.29 is 14.3 Å². The highest BCUT2D eigenvalue weighted by molar-refractivity contribution is 5.99. The van der Waals surface area contributed by atoms with E-state index in [9.17, 15) is 14.7 Å². The van der Waals surface area contributed by atoms with E-state index in [1.165, 1.54) is 0 Å². The molecule has 5 heteroatoms. The second-order valence-corrected chi connectivity index (χ2v) is 7.52. The lowest BCUT2D eigenvalue weighted by molar-refractivity contribution is 0.0716. The molecule has 3 aromatic rings. The van der Waals surface area contributed by atoms with Crippen molar-refractivity contribution >= 4 is 16.9 Å². The van der Waals surface area contributed by atoms with Gasteiger partial charge >= 0.3 is 0 Å². The number of aliphatic hydroxyl groups is 1. The van der Waals surface area contributed by atoms with Crippen LogP contribution in [0.3, 0.4) is 0 Å². The molecule has 0 saturated carbocycles. The minimum atomic E-state index is -0.504. The maximum atomic E-state index is 13.5. The molecule has 5 nitrogen and oxygen atoms in total. The number of rotatable bonds is 4. The molecule has 0 spiro atoms. The van der Waals surface area contributed by atoms with Crippen molar-refractivity contribution in [2.45, 2.75) is 33.2 Å². The first-order valence-electron chi connectivity index (χ1n) is 9.48. The Morgan fingerprint density at radius 2 is 1.75 bits per heavy atom. The number of aryl methyl sites for hydroxylation is 3. The van der Waals surface area contributed by atoms with Crippen molar-refractivity contribution in [1.82, 2.24) is 4.90 Å². The van der Waals surface area contributed by atoms with E-state index in [2.05, 4.69) is 0 Å². The molecule has 0 bridgehead atoms. The standard InChI is InChI=1S/C23H23NO4/c1-13-5-7-16(8-6-13)19-18-20(26)17-12-14(2)11-15(3)21(17)28-22(18)23(27)24(19)9-4-10-25/h5-8,11-12,19,25H,4,9-10H2,1-3H3/t19-/m0/s1. The number of aliphatic hydroxyl groups excluding tert-OH is 1. The Hall–Kier alpha value is -2.92. The van der Waals surface area contributed by atoms with Gasteiger partial charge in [-0.1, -0.05) is 35.9 Å². The third-order valence-electron chi connectivity index (χ3n) is 5.35. The lowest BCUT2D eigenvalue weighted by atomic mass is 9.96. The number of amides is 1. The third kappa shape index (κ3) is 2.83. The van der Waals surface area contributed by atoms with Gasteiger partial charge in [0.15, 0.2) is 5.43 Å². The zero-order valence-electron chi connectivity index (χ0n) is 16.3. The van der Waals surface area contributed by atoms with Gasteiger partial charge in [-0.15, -0.1) is 0 Å².